The van der Waals surface area contributed by atoms with Crippen LogP contribution in [0.15, 0.2) is 0 Å². The van der Waals surface area contributed by atoms with Gasteiger partial charge in [-0.15, -0.1) is 11.3 Å². The molecule has 0 spiro atoms. The van der Waals surface area contributed by atoms with Crippen LogP contribution in [0.25, 0.3) is 0 Å². The van der Waals surface area contributed by atoms with Gasteiger partial charge in [-0.1, -0.05) is 0 Å². The van der Waals surface area contributed by atoms with E-state index in [0.717, 1.165) is 9.88 Å². The SMILES string of the molecule is Cc1nc(C(=O)NC(C)(C)C(=O)O)c(C)s1. The quantitative estimate of drug-likeness (QED) is 0.838. The van der Waals surface area contributed by atoms with Crippen LogP contribution in [0.1, 0.15) is 34.2 Å². The fourth-order valence-electron chi connectivity index (χ4n) is 1.14. The molecule has 0 aromatic carbocycles. The Labute approximate surface area is 97.5 Å². The molecule has 2 N–H and O–H groups in total. The first-order valence-corrected chi connectivity index (χ1v) is 5.55. The van der Waals surface area contributed by atoms with E-state index >= 15 is 0 Å². The Morgan fingerprint density at radius 2 is 1.94 bits per heavy atom. The summed E-state index contributed by atoms with van der Waals surface area (Å²) in [5.41, 5.74) is -0.988. The summed E-state index contributed by atoms with van der Waals surface area (Å²) in [5, 5.41) is 12.1. The lowest BCUT2D eigenvalue weighted by molar-refractivity contribution is -0.143. The van der Waals surface area contributed by atoms with E-state index in [1.54, 1.807) is 13.8 Å². The molecule has 5 nitrogen and oxygen atoms in total. The number of hydrogen-bond donors (Lipinski definition) is 2. The van der Waals surface area contributed by atoms with Crippen molar-refractivity contribution in [1.29, 1.82) is 0 Å². The number of carbonyl (C=O) groups excluding carboxylic acids is 1. The smallest absolute Gasteiger partial charge is 0.328 e. The second-order valence-corrected chi connectivity index (χ2v) is 5.43. The van der Waals surface area contributed by atoms with Gasteiger partial charge >= 0.3 is 5.97 Å². The molecular weight excluding hydrogens is 228 g/mol. The van der Waals surface area contributed by atoms with Crippen molar-refractivity contribution in [2.75, 3.05) is 0 Å². The first kappa shape index (κ1) is 12.6. The van der Waals surface area contributed by atoms with Gasteiger partial charge in [-0.3, -0.25) is 4.79 Å². The summed E-state index contributed by atoms with van der Waals surface area (Å²) in [6.07, 6.45) is 0. The van der Waals surface area contributed by atoms with E-state index in [4.69, 9.17) is 5.11 Å². The minimum absolute atomic E-state index is 0.303. The summed E-state index contributed by atoms with van der Waals surface area (Å²) in [4.78, 5) is 27.5. The van der Waals surface area contributed by atoms with Gasteiger partial charge in [0.25, 0.3) is 5.91 Å². The number of aromatic nitrogens is 1. The van der Waals surface area contributed by atoms with Crippen molar-refractivity contribution in [2.24, 2.45) is 0 Å². The van der Waals surface area contributed by atoms with Crippen molar-refractivity contribution in [1.82, 2.24) is 10.3 Å². The molecule has 0 aliphatic rings. The van der Waals surface area contributed by atoms with E-state index in [2.05, 4.69) is 10.3 Å². The maximum absolute atomic E-state index is 11.8. The highest BCUT2D eigenvalue weighted by atomic mass is 32.1. The zero-order valence-electron chi connectivity index (χ0n) is 9.62. The molecule has 1 aromatic rings. The number of aliphatic carboxylic acids is 1. The molecule has 0 aliphatic carbocycles. The van der Waals surface area contributed by atoms with Crippen LogP contribution >= 0.6 is 11.3 Å². The Bertz CT molecular complexity index is 437. The topological polar surface area (TPSA) is 79.3 Å². The molecule has 1 amide bonds. The van der Waals surface area contributed by atoms with Crippen molar-refractivity contribution < 1.29 is 14.7 Å². The van der Waals surface area contributed by atoms with Crippen molar-refractivity contribution in [3.63, 3.8) is 0 Å². The fourth-order valence-corrected chi connectivity index (χ4v) is 1.95. The summed E-state index contributed by atoms with van der Waals surface area (Å²) >= 11 is 1.41. The van der Waals surface area contributed by atoms with Crippen molar-refractivity contribution >= 4 is 23.2 Å². The van der Waals surface area contributed by atoms with Crippen molar-refractivity contribution in [3.8, 4) is 0 Å². The molecule has 1 rings (SSSR count). The monoisotopic (exact) mass is 242 g/mol. The fraction of sp³-hybridized carbons (Fsp3) is 0.500. The van der Waals surface area contributed by atoms with Gasteiger partial charge in [0.15, 0.2) is 0 Å². The van der Waals surface area contributed by atoms with Crippen LogP contribution in [0.4, 0.5) is 0 Å². The van der Waals surface area contributed by atoms with Crippen molar-refractivity contribution in [2.45, 2.75) is 33.2 Å². The standard InChI is InChI=1S/C10H14N2O3S/c1-5-7(11-6(2)16-5)8(13)12-10(3,4)9(14)15/h1-4H3,(H,12,13)(H,14,15). The Morgan fingerprint density at radius 1 is 1.38 bits per heavy atom. The second kappa shape index (κ2) is 4.21. The van der Waals surface area contributed by atoms with Crippen molar-refractivity contribution in [3.05, 3.63) is 15.6 Å². The number of carbonyl (C=O) groups is 2. The van der Waals surface area contributed by atoms with Gasteiger partial charge in [0.1, 0.15) is 11.2 Å². The molecule has 1 aromatic heterocycles. The average molecular weight is 242 g/mol. The predicted molar refractivity (Wildman–Crippen MR) is 60.8 cm³/mol. The number of amides is 1. The predicted octanol–water partition coefficient (Wildman–Crippen LogP) is 1.35. The highest BCUT2D eigenvalue weighted by Crippen LogP contribution is 2.17. The summed E-state index contributed by atoms with van der Waals surface area (Å²) < 4.78 is 0. The molecule has 0 saturated carbocycles. The second-order valence-electron chi connectivity index (χ2n) is 4.02. The molecule has 16 heavy (non-hydrogen) atoms. The van der Waals surface area contributed by atoms with Gasteiger partial charge in [-0.05, 0) is 27.7 Å². The lowest BCUT2D eigenvalue weighted by atomic mass is 10.1. The van der Waals surface area contributed by atoms with Gasteiger partial charge in [0.2, 0.25) is 0 Å². The third-order valence-corrected chi connectivity index (χ3v) is 2.97. The molecule has 0 radical (unpaired) electrons. The number of carboxylic acid groups (broad SMARTS) is 1. The molecular formula is C10H14N2O3S. The number of rotatable bonds is 3. The minimum atomic E-state index is -1.29. The summed E-state index contributed by atoms with van der Waals surface area (Å²) in [5.74, 6) is -1.53. The van der Waals surface area contributed by atoms with Crippen LogP contribution in [-0.4, -0.2) is 27.5 Å². The summed E-state index contributed by atoms with van der Waals surface area (Å²) in [7, 11) is 0. The normalized spacial score (nSPS) is 11.2. The van der Waals surface area contributed by atoms with Crippen LogP contribution in [0.2, 0.25) is 0 Å². The average Bonchev–Trinajstić information content (AvgIpc) is 2.44. The molecule has 0 aliphatic heterocycles. The van der Waals surface area contributed by atoms with Crippen LogP contribution in [-0.2, 0) is 4.79 Å². The zero-order valence-corrected chi connectivity index (χ0v) is 10.4. The van der Waals surface area contributed by atoms with E-state index < -0.39 is 17.4 Å². The minimum Gasteiger partial charge on any atom is -0.480 e. The van der Waals surface area contributed by atoms with Gasteiger partial charge in [0.05, 0.1) is 5.01 Å². The van der Waals surface area contributed by atoms with Gasteiger partial charge in [-0.25, -0.2) is 9.78 Å². The summed E-state index contributed by atoms with van der Waals surface area (Å²) in [6.45, 7) is 6.45. The number of nitrogens with zero attached hydrogens (tertiary/aromatic N) is 1. The highest BCUT2D eigenvalue weighted by molar-refractivity contribution is 7.11. The Balaban J connectivity index is 2.89. The molecule has 1 heterocycles. The Kier molecular flexibility index (Phi) is 3.32. The van der Waals surface area contributed by atoms with Gasteiger partial charge < -0.3 is 10.4 Å². The third kappa shape index (κ3) is 2.57. The third-order valence-electron chi connectivity index (χ3n) is 2.08. The zero-order chi connectivity index (χ0) is 12.5. The maximum atomic E-state index is 11.8. The van der Waals surface area contributed by atoms with Crippen LogP contribution < -0.4 is 5.32 Å². The molecule has 0 unspecified atom stereocenters. The number of aryl methyl sites for hydroxylation is 2. The van der Waals surface area contributed by atoms with E-state index in [1.807, 2.05) is 0 Å². The molecule has 0 atom stereocenters. The number of nitrogens with one attached hydrogen (secondary N) is 1. The van der Waals surface area contributed by atoms with E-state index in [1.165, 1.54) is 25.2 Å². The lowest BCUT2D eigenvalue weighted by Crippen LogP contribution is -2.49. The number of hydrogen-bond acceptors (Lipinski definition) is 4. The molecule has 0 fully saturated rings. The van der Waals surface area contributed by atoms with Crippen LogP contribution in [0, 0.1) is 13.8 Å². The van der Waals surface area contributed by atoms with Gasteiger partial charge in [0, 0.05) is 4.88 Å². The van der Waals surface area contributed by atoms with Crippen LogP contribution in [0.3, 0.4) is 0 Å². The number of carboxylic acids is 1. The highest BCUT2D eigenvalue weighted by Gasteiger charge is 2.30. The van der Waals surface area contributed by atoms with Crippen LogP contribution in [0.5, 0.6) is 0 Å². The lowest BCUT2D eigenvalue weighted by Gasteiger charge is -2.20. The molecule has 0 bridgehead atoms. The summed E-state index contributed by atoms with van der Waals surface area (Å²) in [6, 6.07) is 0. The van der Waals surface area contributed by atoms with E-state index in [0.29, 0.717) is 5.69 Å². The molecule has 0 saturated heterocycles. The molecule has 6 heteroatoms. The maximum Gasteiger partial charge on any atom is 0.328 e. The first-order chi connectivity index (χ1) is 7.24. The van der Waals surface area contributed by atoms with Gasteiger partial charge in [-0.2, -0.15) is 0 Å². The Hall–Kier alpha value is -1.43. The van der Waals surface area contributed by atoms with E-state index in [-0.39, 0.29) is 0 Å². The molecule has 88 valence electrons. The first-order valence-electron chi connectivity index (χ1n) is 4.74. The number of thiazole rings is 1. The largest absolute Gasteiger partial charge is 0.480 e. The van der Waals surface area contributed by atoms with E-state index in [9.17, 15) is 9.59 Å². The Morgan fingerprint density at radius 3 is 2.31 bits per heavy atom.